The molecule has 5 nitrogen and oxygen atoms in total. The highest BCUT2D eigenvalue weighted by molar-refractivity contribution is 5.56. The molecule has 0 amide bonds. The molecule has 102 valence electrons. The van der Waals surface area contributed by atoms with Gasteiger partial charge in [0.1, 0.15) is 18.0 Å². The van der Waals surface area contributed by atoms with Gasteiger partial charge < -0.3 is 15.4 Å². The number of rotatable bonds is 8. The predicted octanol–water partition coefficient (Wildman–Crippen LogP) is 2.30. The van der Waals surface area contributed by atoms with Crippen LogP contribution >= 0.6 is 0 Å². The molecule has 0 saturated heterocycles. The van der Waals surface area contributed by atoms with Crippen molar-refractivity contribution in [2.45, 2.75) is 27.2 Å². The van der Waals surface area contributed by atoms with Crippen molar-refractivity contribution in [2.24, 2.45) is 5.92 Å². The number of hydrogen-bond acceptors (Lipinski definition) is 5. The summed E-state index contributed by atoms with van der Waals surface area (Å²) in [7, 11) is 1.72. The van der Waals surface area contributed by atoms with E-state index < -0.39 is 0 Å². The first-order valence-corrected chi connectivity index (χ1v) is 6.47. The minimum Gasteiger partial charge on any atom is -0.384 e. The molecular formula is C13H24N4O. The highest BCUT2D eigenvalue weighted by atomic mass is 16.5. The summed E-state index contributed by atoms with van der Waals surface area (Å²) in [6, 6.07) is 0. The molecule has 1 unspecified atom stereocenters. The summed E-state index contributed by atoms with van der Waals surface area (Å²) >= 11 is 0. The summed E-state index contributed by atoms with van der Waals surface area (Å²) < 4.78 is 5.11. The number of aromatic nitrogens is 2. The summed E-state index contributed by atoms with van der Waals surface area (Å²) in [5.41, 5.74) is 1.07. The van der Waals surface area contributed by atoms with E-state index in [1.54, 1.807) is 13.4 Å². The maximum absolute atomic E-state index is 5.11. The van der Waals surface area contributed by atoms with Gasteiger partial charge in [-0.3, -0.25) is 0 Å². The van der Waals surface area contributed by atoms with Gasteiger partial charge in [0.25, 0.3) is 0 Å². The van der Waals surface area contributed by atoms with E-state index in [9.17, 15) is 0 Å². The van der Waals surface area contributed by atoms with Crippen molar-refractivity contribution in [1.82, 2.24) is 9.97 Å². The van der Waals surface area contributed by atoms with Crippen LogP contribution in [-0.4, -0.2) is 36.8 Å². The lowest BCUT2D eigenvalue weighted by molar-refractivity contribution is 0.164. The number of ether oxygens (including phenoxy) is 1. The molecule has 0 aliphatic heterocycles. The second-order valence-electron chi connectivity index (χ2n) is 4.56. The van der Waals surface area contributed by atoms with Gasteiger partial charge in [-0.25, -0.2) is 9.97 Å². The van der Waals surface area contributed by atoms with Crippen molar-refractivity contribution < 1.29 is 4.74 Å². The van der Waals surface area contributed by atoms with Gasteiger partial charge in [-0.2, -0.15) is 0 Å². The van der Waals surface area contributed by atoms with Crippen LogP contribution in [0.15, 0.2) is 6.33 Å². The Morgan fingerprint density at radius 2 is 1.94 bits per heavy atom. The van der Waals surface area contributed by atoms with Crippen LogP contribution in [0.25, 0.3) is 0 Å². The Kier molecular flexibility index (Phi) is 6.43. The summed E-state index contributed by atoms with van der Waals surface area (Å²) in [5, 5.41) is 6.64. The highest BCUT2D eigenvalue weighted by Gasteiger charge is 2.07. The molecule has 18 heavy (non-hydrogen) atoms. The van der Waals surface area contributed by atoms with Gasteiger partial charge in [0.15, 0.2) is 0 Å². The minimum absolute atomic E-state index is 0.455. The van der Waals surface area contributed by atoms with E-state index >= 15 is 0 Å². The zero-order valence-corrected chi connectivity index (χ0v) is 11.8. The predicted molar refractivity (Wildman–Crippen MR) is 75.1 cm³/mol. The molecule has 5 heteroatoms. The second-order valence-corrected chi connectivity index (χ2v) is 4.56. The Balaban J connectivity index is 2.60. The highest BCUT2D eigenvalue weighted by Crippen LogP contribution is 2.18. The van der Waals surface area contributed by atoms with E-state index in [0.717, 1.165) is 43.3 Å². The smallest absolute Gasteiger partial charge is 0.134 e. The van der Waals surface area contributed by atoms with Crippen molar-refractivity contribution in [3.8, 4) is 0 Å². The maximum Gasteiger partial charge on any atom is 0.134 e. The number of hydrogen-bond donors (Lipinski definition) is 2. The molecule has 0 fully saturated rings. The van der Waals surface area contributed by atoms with Crippen LogP contribution in [0.2, 0.25) is 0 Å². The van der Waals surface area contributed by atoms with Gasteiger partial charge in [-0.15, -0.1) is 0 Å². The van der Waals surface area contributed by atoms with E-state index in [1.807, 2.05) is 6.92 Å². The van der Waals surface area contributed by atoms with E-state index in [-0.39, 0.29) is 0 Å². The third-order valence-corrected chi connectivity index (χ3v) is 2.70. The van der Waals surface area contributed by atoms with E-state index in [0.29, 0.717) is 5.92 Å². The fraction of sp³-hybridized carbons (Fsp3) is 0.692. The van der Waals surface area contributed by atoms with Crippen LogP contribution in [0.5, 0.6) is 0 Å². The monoisotopic (exact) mass is 252 g/mol. The third-order valence-electron chi connectivity index (χ3n) is 2.70. The van der Waals surface area contributed by atoms with Crippen molar-refractivity contribution in [1.29, 1.82) is 0 Å². The molecule has 0 bridgehead atoms. The van der Waals surface area contributed by atoms with E-state index in [4.69, 9.17) is 4.74 Å². The van der Waals surface area contributed by atoms with Crippen LogP contribution < -0.4 is 10.6 Å². The number of nitrogens with one attached hydrogen (secondary N) is 2. The average molecular weight is 252 g/mol. The van der Waals surface area contributed by atoms with Crippen LogP contribution in [0.3, 0.4) is 0 Å². The lowest BCUT2D eigenvalue weighted by Gasteiger charge is -2.15. The molecule has 0 spiro atoms. The van der Waals surface area contributed by atoms with E-state index in [2.05, 4.69) is 34.4 Å². The summed E-state index contributed by atoms with van der Waals surface area (Å²) in [4.78, 5) is 8.53. The van der Waals surface area contributed by atoms with Crippen LogP contribution in [0.1, 0.15) is 25.8 Å². The topological polar surface area (TPSA) is 59.1 Å². The second kappa shape index (κ2) is 7.87. The Bertz CT molecular complexity index is 357. The summed E-state index contributed by atoms with van der Waals surface area (Å²) in [6.07, 6.45) is 2.67. The Morgan fingerprint density at radius 3 is 2.56 bits per heavy atom. The summed E-state index contributed by atoms with van der Waals surface area (Å²) in [6.45, 7) is 8.83. The molecule has 0 aromatic carbocycles. The quantitative estimate of drug-likeness (QED) is 0.743. The number of anilines is 2. The van der Waals surface area contributed by atoms with Crippen molar-refractivity contribution in [3.05, 3.63) is 11.9 Å². The minimum atomic E-state index is 0.455. The molecule has 1 heterocycles. The molecule has 1 atom stereocenters. The zero-order chi connectivity index (χ0) is 13.4. The normalized spacial score (nSPS) is 12.2. The maximum atomic E-state index is 5.11. The lowest BCUT2D eigenvalue weighted by Crippen LogP contribution is -2.17. The molecule has 0 radical (unpaired) electrons. The third kappa shape index (κ3) is 4.49. The van der Waals surface area contributed by atoms with Gasteiger partial charge in [-0.05, 0) is 19.3 Å². The molecular weight excluding hydrogens is 228 g/mol. The van der Waals surface area contributed by atoms with Gasteiger partial charge in [0.2, 0.25) is 0 Å². The van der Waals surface area contributed by atoms with Gasteiger partial charge in [0, 0.05) is 25.8 Å². The van der Waals surface area contributed by atoms with Crippen molar-refractivity contribution in [3.63, 3.8) is 0 Å². The Hall–Kier alpha value is -1.36. The van der Waals surface area contributed by atoms with Gasteiger partial charge in [-0.1, -0.05) is 13.8 Å². The SMILES string of the molecule is CCCNc1ncnc(NCC(C)COC)c1C. The summed E-state index contributed by atoms with van der Waals surface area (Å²) in [5.74, 6) is 2.26. The molecule has 0 saturated carbocycles. The molecule has 0 aliphatic rings. The van der Waals surface area contributed by atoms with Gasteiger partial charge >= 0.3 is 0 Å². The Morgan fingerprint density at radius 1 is 1.28 bits per heavy atom. The van der Waals surface area contributed by atoms with E-state index in [1.165, 1.54) is 0 Å². The lowest BCUT2D eigenvalue weighted by atomic mass is 10.2. The fourth-order valence-corrected chi connectivity index (χ4v) is 1.66. The molecule has 2 N–H and O–H groups in total. The zero-order valence-electron chi connectivity index (χ0n) is 11.8. The van der Waals surface area contributed by atoms with Crippen molar-refractivity contribution in [2.75, 3.05) is 37.4 Å². The van der Waals surface area contributed by atoms with Crippen LogP contribution in [0.4, 0.5) is 11.6 Å². The first-order valence-electron chi connectivity index (χ1n) is 6.47. The molecule has 1 rings (SSSR count). The van der Waals surface area contributed by atoms with Crippen LogP contribution in [-0.2, 0) is 4.74 Å². The Labute approximate surface area is 109 Å². The standard InChI is InChI=1S/C13H24N4O/c1-5-6-14-12-11(3)13(17-9-16-12)15-7-10(2)8-18-4/h9-10H,5-8H2,1-4H3,(H2,14,15,16,17). The number of nitrogens with zero attached hydrogens (tertiary/aromatic N) is 2. The fourth-order valence-electron chi connectivity index (χ4n) is 1.66. The molecule has 1 aromatic heterocycles. The average Bonchev–Trinajstić information content (AvgIpc) is 2.36. The number of methoxy groups -OCH3 is 1. The first kappa shape index (κ1) is 14.7. The first-order chi connectivity index (χ1) is 8.69. The van der Waals surface area contributed by atoms with Crippen LogP contribution in [0, 0.1) is 12.8 Å². The molecule has 1 aromatic rings. The largest absolute Gasteiger partial charge is 0.384 e. The van der Waals surface area contributed by atoms with Crippen molar-refractivity contribution >= 4 is 11.6 Å². The molecule has 0 aliphatic carbocycles. The van der Waals surface area contributed by atoms with Gasteiger partial charge in [0.05, 0.1) is 6.61 Å².